The monoisotopic (exact) mass is 363 g/mol. The van der Waals surface area contributed by atoms with Gasteiger partial charge in [0.1, 0.15) is 11.5 Å². The summed E-state index contributed by atoms with van der Waals surface area (Å²) in [6, 6.07) is 10.2. The number of hydrogen-bond acceptors (Lipinski definition) is 6. The van der Waals surface area contributed by atoms with Crippen molar-refractivity contribution in [2.24, 2.45) is 0 Å². The molecule has 0 aliphatic heterocycles. The standard InChI is InChI=1S/C18H17N7S/c1-18(2,3)20-16-14(19-17-24(16)8-9-26-17)12-10-11-6-4-5-7-13(11)25-15(12)21-22-23-25/h4-10,20H,1-3H3. The van der Waals surface area contributed by atoms with Crippen LogP contribution in [0.15, 0.2) is 41.9 Å². The Morgan fingerprint density at radius 2 is 2.00 bits per heavy atom. The van der Waals surface area contributed by atoms with Gasteiger partial charge in [-0.05, 0) is 43.3 Å². The number of para-hydroxylation sites is 1. The van der Waals surface area contributed by atoms with Crippen LogP contribution in [0.3, 0.4) is 0 Å². The fourth-order valence-corrected chi connectivity index (χ4v) is 3.88. The second-order valence-corrected chi connectivity index (χ2v) is 8.14. The van der Waals surface area contributed by atoms with Gasteiger partial charge in [-0.25, -0.2) is 4.98 Å². The summed E-state index contributed by atoms with van der Waals surface area (Å²) < 4.78 is 3.86. The largest absolute Gasteiger partial charge is 0.365 e. The normalized spacial score (nSPS) is 12.4. The number of tetrazole rings is 1. The molecule has 0 radical (unpaired) electrons. The highest BCUT2D eigenvalue weighted by atomic mass is 32.1. The zero-order valence-corrected chi connectivity index (χ0v) is 15.4. The second-order valence-electron chi connectivity index (χ2n) is 7.27. The van der Waals surface area contributed by atoms with Crippen LogP contribution in [0.25, 0.3) is 32.8 Å². The fourth-order valence-electron chi connectivity index (χ4n) is 3.16. The predicted molar refractivity (Wildman–Crippen MR) is 104 cm³/mol. The number of benzene rings is 1. The van der Waals surface area contributed by atoms with Crippen LogP contribution in [-0.4, -0.2) is 35.0 Å². The van der Waals surface area contributed by atoms with Crippen LogP contribution in [0.5, 0.6) is 0 Å². The molecule has 0 aliphatic rings. The summed E-state index contributed by atoms with van der Waals surface area (Å²) in [6.07, 6.45) is 2.03. The average molecular weight is 363 g/mol. The number of pyridine rings is 1. The summed E-state index contributed by atoms with van der Waals surface area (Å²) in [5, 5.41) is 19.0. The zero-order valence-electron chi connectivity index (χ0n) is 14.6. The van der Waals surface area contributed by atoms with Crippen molar-refractivity contribution in [3.05, 3.63) is 41.9 Å². The van der Waals surface area contributed by atoms with Gasteiger partial charge >= 0.3 is 0 Å². The molecule has 0 amide bonds. The first-order valence-electron chi connectivity index (χ1n) is 8.35. The lowest BCUT2D eigenvalue weighted by atomic mass is 10.1. The number of aromatic nitrogens is 6. The third kappa shape index (κ3) is 2.26. The Bertz CT molecular complexity index is 1260. The van der Waals surface area contributed by atoms with Gasteiger partial charge in [0, 0.05) is 22.5 Å². The van der Waals surface area contributed by atoms with E-state index in [1.54, 1.807) is 15.9 Å². The SMILES string of the molecule is CC(C)(C)Nc1c(-c2cc3ccccc3n3nnnc23)nc2sccn12. The molecule has 7 nitrogen and oxygen atoms in total. The first-order chi connectivity index (χ1) is 12.5. The van der Waals surface area contributed by atoms with E-state index in [1.165, 1.54) is 0 Å². The van der Waals surface area contributed by atoms with E-state index >= 15 is 0 Å². The highest BCUT2D eigenvalue weighted by Gasteiger charge is 2.23. The molecular weight excluding hydrogens is 346 g/mol. The van der Waals surface area contributed by atoms with Gasteiger partial charge < -0.3 is 5.32 Å². The van der Waals surface area contributed by atoms with Gasteiger partial charge in [0.2, 0.25) is 0 Å². The lowest BCUT2D eigenvalue weighted by molar-refractivity contribution is 0.630. The Balaban J connectivity index is 1.86. The minimum Gasteiger partial charge on any atom is -0.365 e. The molecule has 0 bridgehead atoms. The summed E-state index contributed by atoms with van der Waals surface area (Å²) in [7, 11) is 0. The maximum Gasteiger partial charge on any atom is 0.195 e. The maximum absolute atomic E-state index is 4.87. The molecule has 8 heteroatoms. The molecule has 130 valence electrons. The van der Waals surface area contributed by atoms with E-state index in [4.69, 9.17) is 4.98 Å². The molecule has 5 rings (SSSR count). The summed E-state index contributed by atoms with van der Waals surface area (Å²) in [4.78, 5) is 5.81. The summed E-state index contributed by atoms with van der Waals surface area (Å²) in [6.45, 7) is 6.41. The molecule has 0 atom stereocenters. The highest BCUT2D eigenvalue weighted by molar-refractivity contribution is 7.15. The van der Waals surface area contributed by atoms with E-state index in [-0.39, 0.29) is 5.54 Å². The van der Waals surface area contributed by atoms with Crippen molar-refractivity contribution < 1.29 is 0 Å². The van der Waals surface area contributed by atoms with Crippen LogP contribution < -0.4 is 5.32 Å². The van der Waals surface area contributed by atoms with Gasteiger partial charge in [0.15, 0.2) is 10.6 Å². The molecular formula is C18H17N7S. The van der Waals surface area contributed by atoms with Crippen molar-refractivity contribution in [1.29, 1.82) is 0 Å². The molecule has 4 aromatic heterocycles. The molecule has 4 heterocycles. The summed E-state index contributed by atoms with van der Waals surface area (Å²) in [5.41, 5.74) is 3.34. The summed E-state index contributed by atoms with van der Waals surface area (Å²) >= 11 is 1.61. The molecule has 0 aliphatic carbocycles. The van der Waals surface area contributed by atoms with Crippen LogP contribution in [0.4, 0.5) is 5.82 Å². The van der Waals surface area contributed by atoms with Crippen LogP contribution >= 0.6 is 11.3 Å². The second kappa shape index (κ2) is 5.25. The third-order valence-corrected chi connectivity index (χ3v) is 4.94. The van der Waals surface area contributed by atoms with Crippen LogP contribution in [0.1, 0.15) is 20.8 Å². The Labute approximate surface area is 153 Å². The molecule has 1 aromatic carbocycles. The van der Waals surface area contributed by atoms with E-state index in [0.29, 0.717) is 5.65 Å². The predicted octanol–water partition coefficient (Wildman–Crippen LogP) is 3.86. The van der Waals surface area contributed by atoms with Crippen LogP contribution in [0.2, 0.25) is 0 Å². The average Bonchev–Trinajstić information content (AvgIpc) is 3.30. The van der Waals surface area contributed by atoms with Crippen molar-refractivity contribution in [3.63, 3.8) is 0 Å². The Kier molecular flexibility index (Phi) is 3.08. The number of nitrogens with zero attached hydrogens (tertiary/aromatic N) is 6. The molecule has 0 unspecified atom stereocenters. The van der Waals surface area contributed by atoms with E-state index in [2.05, 4.69) is 58.1 Å². The van der Waals surface area contributed by atoms with Gasteiger partial charge in [-0.2, -0.15) is 4.52 Å². The molecule has 0 saturated carbocycles. The Morgan fingerprint density at radius 1 is 1.15 bits per heavy atom. The van der Waals surface area contributed by atoms with Gasteiger partial charge in [-0.1, -0.05) is 18.2 Å². The van der Waals surface area contributed by atoms with Gasteiger partial charge in [0.05, 0.1) is 11.1 Å². The van der Waals surface area contributed by atoms with E-state index < -0.39 is 0 Å². The van der Waals surface area contributed by atoms with Gasteiger partial charge in [-0.3, -0.25) is 4.40 Å². The lowest BCUT2D eigenvalue weighted by Gasteiger charge is -2.22. The maximum atomic E-state index is 4.87. The van der Waals surface area contributed by atoms with Crippen molar-refractivity contribution in [2.45, 2.75) is 26.3 Å². The molecule has 26 heavy (non-hydrogen) atoms. The molecule has 0 saturated heterocycles. The van der Waals surface area contributed by atoms with Crippen LogP contribution in [0, 0.1) is 0 Å². The minimum atomic E-state index is -0.105. The molecule has 0 spiro atoms. The zero-order chi connectivity index (χ0) is 17.9. The van der Waals surface area contributed by atoms with Gasteiger partial charge in [0.25, 0.3) is 0 Å². The number of anilines is 1. The number of nitrogens with one attached hydrogen (secondary N) is 1. The number of hydrogen-bond donors (Lipinski definition) is 1. The topological polar surface area (TPSA) is 72.4 Å². The molecule has 5 aromatic rings. The van der Waals surface area contributed by atoms with Crippen LogP contribution in [-0.2, 0) is 0 Å². The van der Waals surface area contributed by atoms with Gasteiger partial charge in [-0.15, -0.1) is 16.4 Å². The number of rotatable bonds is 2. The van der Waals surface area contributed by atoms with Crippen molar-refractivity contribution >= 4 is 38.7 Å². The number of thiazole rings is 1. The van der Waals surface area contributed by atoms with Crippen molar-refractivity contribution in [2.75, 3.05) is 5.32 Å². The van der Waals surface area contributed by atoms with E-state index in [0.717, 1.165) is 32.9 Å². The number of imidazole rings is 1. The smallest absolute Gasteiger partial charge is 0.195 e. The summed E-state index contributed by atoms with van der Waals surface area (Å²) in [5.74, 6) is 0.953. The Morgan fingerprint density at radius 3 is 2.85 bits per heavy atom. The van der Waals surface area contributed by atoms with Crippen molar-refractivity contribution in [1.82, 2.24) is 29.4 Å². The quantitative estimate of drug-likeness (QED) is 0.515. The highest BCUT2D eigenvalue weighted by Crippen LogP contribution is 2.35. The minimum absolute atomic E-state index is 0.105. The first-order valence-corrected chi connectivity index (χ1v) is 9.23. The third-order valence-electron chi connectivity index (χ3n) is 4.19. The molecule has 1 N–H and O–H groups in total. The molecule has 0 fully saturated rings. The van der Waals surface area contributed by atoms with E-state index in [9.17, 15) is 0 Å². The lowest BCUT2D eigenvalue weighted by Crippen LogP contribution is -2.27. The number of fused-ring (bicyclic) bond motifs is 4. The first kappa shape index (κ1) is 15.3. The van der Waals surface area contributed by atoms with E-state index in [1.807, 2.05) is 29.8 Å². The fraction of sp³-hybridized carbons (Fsp3) is 0.222. The Hall–Kier alpha value is -3.00. The van der Waals surface area contributed by atoms with Crippen molar-refractivity contribution in [3.8, 4) is 11.3 Å².